The molecule has 0 saturated carbocycles. The SMILES string of the molecule is CCOC(=O)CC(=O)Nc1c(Nc2ccc(C(=O)OCC)cc2)ccc2ccccc12. The van der Waals surface area contributed by atoms with Crippen molar-refractivity contribution >= 4 is 45.7 Å². The molecule has 0 aliphatic carbocycles. The fourth-order valence-corrected chi connectivity index (χ4v) is 3.10. The molecule has 0 spiro atoms. The van der Waals surface area contributed by atoms with Crippen LogP contribution in [0.15, 0.2) is 60.7 Å². The highest BCUT2D eigenvalue weighted by molar-refractivity contribution is 6.10. The predicted molar refractivity (Wildman–Crippen MR) is 120 cm³/mol. The molecule has 0 atom stereocenters. The molecule has 160 valence electrons. The zero-order chi connectivity index (χ0) is 22.2. The Labute approximate surface area is 180 Å². The third kappa shape index (κ3) is 5.60. The number of benzene rings is 3. The number of nitrogens with one attached hydrogen (secondary N) is 2. The lowest BCUT2D eigenvalue weighted by Crippen LogP contribution is -2.19. The normalized spacial score (nSPS) is 10.4. The molecule has 3 aromatic rings. The van der Waals surface area contributed by atoms with Crippen LogP contribution in [0.5, 0.6) is 0 Å². The number of ether oxygens (including phenoxy) is 2. The van der Waals surface area contributed by atoms with E-state index in [9.17, 15) is 14.4 Å². The van der Waals surface area contributed by atoms with Crippen molar-refractivity contribution in [1.82, 2.24) is 0 Å². The van der Waals surface area contributed by atoms with Gasteiger partial charge < -0.3 is 20.1 Å². The minimum Gasteiger partial charge on any atom is -0.466 e. The number of anilines is 3. The Bertz CT molecular complexity index is 1090. The van der Waals surface area contributed by atoms with Crippen LogP contribution in [0.2, 0.25) is 0 Å². The molecule has 3 rings (SSSR count). The van der Waals surface area contributed by atoms with Crippen LogP contribution in [0.4, 0.5) is 17.1 Å². The molecular formula is C24H24N2O5. The number of hydrogen-bond donors (Lipinski definition) is 2. The second kappa shape index (κ2) is 10.2. The average molecular weight is 420 g/mol. The monoisotopic (exact) mass is 420 g/mol. The number of amides is 1. The third-order valence-corrected chi connectivity index (χ3v) is 4.48. The lowest BCUT2D eigenvalue weighted by atomic mass is 10.1. The van der Waals surface area contributed by atoms with Gasteiger partial charge in [0.25, 0.3) is 0 Å². The molecule has 0 aromatic heterocycles. The van der Waals surface area contributed by atoms with Gasteiger partial charge in [0.15, 0.2) is 0 Å². The van der Waals surface area contributed by atoms with E-state index in [2.05, 4.69) is 10.6 Å². The van der Waals surface area contributed by atoms with Crippen LogP contribution in [-0.2, 0) is 19.1 Å². The second-order valence-corrected chi connectivity index (χ2v) is 6.66. The summed E-state index contributed by atoms with van der Waals surface area (Å²) in [6.07, 6.45) is -0.370. The van der Waals surface area contributed by atoms with Crippen molar-refractivity contribution in [1.29, 1.82) is 0 Å². The molecular weight excluding hydrogens is 396 g/mol. The fraction of sp³-hybridized carbons (Fsp3) is 0.208. The molecule has 7 heteroatoms. The second-order valence-electron chi connectivity index (χ2n) is 6.66. The average Bonchev–Trinajstić information content (AvgIpc) is 2.76. The van der Waals surface area contributed by atoms with Crippen LogP contribution in [0.1, 0.15) is 30.6 Å². The van der Waals surface area contributed by atoms with Gasteiger partial charge in [-0.1, -0.05) is 30.3 Å². The molecule has 0 saturated heterocycles. The lowest BCUT2D eigenvalue weighted by molar-refractivity contribution is -0.145. The first kappa shape index (κ1) is 21.8. The van der Waals surface area contributed by atoms with E-state index in [-0.39, 0.29) is 19.0 Å². The molecule has 31 heavy (non-hydrogen) atoms. The fourth-order valence-electron chi connectivity index (χ4n) is 3.10. The highest BCUT2D eigenvalue weighted by atomic mass is 16.5. The Hall–Kier alpha value is -3.87. The first-order valence-corrected chi connectivity index (χ1v) is 10.0. The van der Waals surface area contributed by atoms with E-state index in [1.807, 2.05) is 36.4 Å². The molecule has 0 radical (unpaired) electrons. The lowest BCUT2D eigenvalue weighted by Gasteiger charge is -2.16. The Balaban J connectivity index is 1.88. The van der Waals surface area contributed by atoms with Crippen LogP contribution in [0.3, 0.4) is 0 Å². The quantitative estimate of drug-likeness (QED) is 0.407. The summed E-state index contributed by atoms with van der Waals surface area (Å²) in [7, 11) is 0. The standard InChI is InChI=1S/C24H24N2O5/c1-3-30-22(28)15-21(27)26-23-19-8-6-5-7-16(19)11-14-20(23)25-18-12-9-17(10-13-18)24(29)31-4-2/h5-14,25H,3-4,15H2,1-2H3,(H,26,27). The van der Waals surface area contributed by atoms with Gasteiger partial charge in [-0.05, 0) is 49.6 Å². The van der Waals surface area contributed by atoms with Crippen LogP contribution in [0.25, 0.3) is 10.8 Å². The van der Waals surface area contributed by atoms with E-state index < -0.39 is 11.9 Å². The van der Waals surface area contributed by atoms with Gasteiger partial charge in [0.05, 0.1) is 30.2 Å². The van der Waals surface area contributed by atoms with Crippen molar-refractivity contribution in [3.8, 4) is 0 Å². The van der Waals surface area contributed by atoms with Crippen molar-refractivity contribution in [3.05, 3.63) is 66.2 Å². The summed E-state index contributed by atoms with van der Waals surface area (Å²) in [5.74, 6) is -1.42. The number of carbonyl (C=O) groups excluding carboxylic acids is 3. The van der Waals surface area contributed by atoms with Crippen molar-refractivity contribution in [2.45, 2.75) is 20.3 Å². The minimum absolute atomic E-state index is 0.217. The van der Waals surface area contributed by atoms with Crippen molar-refractivity contribution in [3.63, 3.8) is 0 Å². The largest absolute Gasteiger partial charge is 0.466 e. The number of esters is 2. The minimum atomic E-state index is -0.579. The van der Waals surface area contributed by atoms with E-state index in [0.29, 0.717) is 23.5 Å². The summed E-state index contributed by atoms with van der Waals surface area (Å²) >= 11 is 0. The summed E-state index contributed by atoms with van der Waals surface area (Å²) in [5.41, 5.74) is 2.39. The van der Waals surface area contributed by atoms with Gasteiger partial charge in [-0.15, -0.1) is 0 Å². The van der Waals surface area contributed by atoms with E-state index in [4.69, 9.17) is 9.47 Å². The van der Waals surface area contributed by atoms with Crippen LogP contribution >= 0.6 is 0 Å². The zero-order valence-corrected chi connectivity index (χ0v) is 17.4. The molecule has 0 heterocycles. The molecule has 1 amide bonds. The maximum absolute atomic E-state index is 12.4. The molecule has 7 nitrogen and oxygen atoms in total. The van der Waals surface area contributed by atoms with E-state index in [1.165, 1.54) is 0 Å². The number of hydrogen-bond acceptors (Lipinski definition) is 6. The first-order valence-electron chi connectivity index (χ1n) is 10.0. The highest BCUT2D eigenvalue weighted by Gasteiger charge is 2.15. The Morgan fingerprint density at radius 1 is 0.839 bits per heavy atom. The van der Waals surface area contributed by atoms with Gasteiger partial charge in [0.2, 0.25) is 5.91 Å². The van der Waals surface area contributed by atoms with Gasteiger partial charge in [-0.25, -0.2) is 4.79 Å². The van der Waals surface area contributed by atoms with Crippen LogP contribution < -0.4 is 10.6 Å². The molecule has 0 bridgehead atoms. The molecule has 0 aliphatic heterocycles. The van der Waals surface area contributed by atoms with Crippen LogP contribution in [-0.4, -0.2) is 31.1 Å². The van der Waals surface area contributed by atoms with Crippen LogP contribution in [0, 0.1) is 0 Å². The van der Waals surface area contributed by atoms with E-state index in [0.717, 1.165) is 16.5 Å². The smallest absolute Gasteiger partial charge is 0.338 e. The molecule has 2 N–H and O–H groups in total. The summed E-state index contributed by atoms with van der Waals surface area (Å²) in [6, 6.07) is 18.2. The molecule has 3 aromatic carbocycles. The third-order valence-electron chi connectivity index (χ3n) is 4.48. The van der Waals surface area contributed by atoms with Crippen molar-refractivity contribution in [2.75, 3.05) is 23.8 Å². The molecule has 0 fully saturated rings. The zero-order valence-electron chi connectivity index (χ0n) is 17.4. The van der Waals surface area contributed by atoms with Crippen molar-refractivity contribution < 1.29 is 23.9 Å². The summed E-state index contributed by atoms with van der Waals surface area (Å²) < 4.78 is 9.86. The first-order chi connectivity index (χ1) is 15.0. The predicted octanol–water partition coefficient (Wildman–Crippen LogP) is 4.65. The molecule has 0 unspecified atom stereocenters. The summed E-state index contributed by atoms with van der Waals surface area (Å²) in [5, 5.41) is 7.87. The maximum Gasteiger partial charge on any atom is 0.338 e. The van der Waals surface area contributed by atoms with Gasteiger partial charge in [0.1, 0.15) is 6.42 Å². The summed E-state index contributed by atoms with van der Waals surface area (Å²) in [4.78, 5) is 36.0. The highest BCUT2D eigenvalue weighted by Crippen LogP contribution is 2.33. The van der Waals surface area contributed by atoms with Gasteiger partial charge in [0, 0.05) is 11.1 Å². The number of rotatable bonds is 8. The molecule has 0 aliphatic rings. The number of fused-ring (bicyclic) bond motifs is 1. The Morgan fingerprint density at radius 3 is 2.26 bits per heavy atom. The van der Waals surface area contributed by atoms with E-state index in [1.54, 1.807) is 38.1 Å². The maximum atomic E-state index is 12.4. The van der Waals surface area contributed by atoms with E-state index >= 15 is 0 Å². The topological polar surface area (TPSA) is 93.7 Å². The van der Waals surface area contributed by atoms with Gasteiger partial charge in [-0.2, -0.15) is 0 Å². The van der Waals surface area contributed by atoms with Gasteiger partial charge in [-0.3, -0.25) is 9.59 Å². The Kier molecular flexibility index (Phi) is 7.22. The number of carbonyl (C=O) groups is 3. The summed E-state index contributed by atoms with van der Waals surface area (Å²) in [6.45, 7) is 3.97. The Morgan fingerprint density at radius 2 is 1.55 bits per heavy atom. The van der Waals surface area contributed by atoms with Gasteiger partial charge >= 0.3 is 11.9 Å². The van der Waals surface area contributed by atoms with Crippen molar-refractivity contribution in [2.24, 2.45) is 0 Å².